The molecule has 184 valence electrons. The summed E-state index contributed by atoms with van der Waals surface area (Å²) in [5.41, 5.74) is 5.71. The molecular formula is C28H34N4O2S. The molecule has 2 unspecified atom stereocenters. The second-order valence-corrected chi connectivity index (χ2v) is 9.87. The van der Waals surface area contributed by atoms with Crippen molar-refractivity contribution in [3.05, 3.63) is 77.4 Å². The van der Waals surface area contributed by atoms with E-state index >= 15 is 0 Å². The van der Waals surface area contributed by atoms with Gasteiger partial charge in [0.25, 0.3) is 0 Å². The van der Waals surface area contributed by atoms with E-state index in [9.17, 15) is 0 Å². The zero-order valence-electron chi connectivity index (χ0n) is 20.7. The molecule has 2 aliphatic rings. The van der Waals surface area contributed by atoms with Gasteiger partial charge in [-0.1, -0.05) is 6.07 Å². The lowest BCUT2D eigenvalue weighted by Gasteiger charge is -2.28. The largest absolute Gasteiger partial charge is 0.490 e. The number of methoxy groups -OCH3 is 1. The number of nitrogens with one attached hydrogen (secondary N) is 1. The smallest absolute Gasteiger partial charge is 0.174 e. The zero-order chi connectivity index (χ0) is 24.4. The van der Waals surface area contributed by atoms with E-state index in [2.05, 4.69) is 70.0 Å². The van der Waals surface area contributed by atoms with E-state index in [4.69, 9.17) is 21.7 Å². The van der Waals surface area contributed by atoms with Crippen LogP contribution in [0, 0.1) is 13.8 Å². The molecule has 6 nitrogen and oxygen atoms in total. The average molecular weight is 491 g/mol. The minimum Gasteiger partial charge on any atom is -0.490 e. The molecule has 1 aromatic carbocycles. The third-order valence-electron chi connectivity index (χ3n) is 7.27. The summed E-state index contributed by atoms with van der Waals surface area (Å²) in [5, 5.41) is 4.27. The van der Waals surface area contributed by atoms with Gasteiger partial charge < -0.3 is 24.3 Å². The SMILES string of the molecule is COCCn1c(C)cc(C2C(c3ccccn3)NC(=S)N2c2ccc(OC3CCCC3)cc2)c1C. The van der Waals surface area contributed by atoms with Crippen LogP contribution in [0.3, 0.4) is 0 Å². The second-order valence-electron chi connectivity index (χ2n) is 9.49. The molecule has 0 amide bonds. The van der Waals surface area contributed by atoms with Crippen LogP contribution in [0.2, 0.25) is 0 Å². The molecule has 3 aromatic rings. The van der Waals surface area contributed by atoms with Crippen molar-refractivity contribution in [1.29, 1.82) is 0 Å². The van der Waals surface area contributed by atoms with E-state index in [1.165, 1.54) is 29.8 Å². The predicted octanol–water partition coefficient (Wildman–Crippen LogP) is 5.64. The highest BCUT2D eigenvalue weighted by Crippen LogP contribution is 2.43. The highest BCUT2D eigenvalue weighted by atomic mass is 32.1. The number of pyridine rings is 1. The fourth-order valence-corrected chi connectivity index (χ4v) is 5.83. The average Bonchev–Trinajstić information content (AvgIpc) is 3.57. The molecule has 1 N–H and O–H groups in total. The van der Waals surface area contributed by atoms with Crippen LogP contribution in [0.4, 0.5) is 5.69 Å². The van der Waals surface area contributed by atoms with Crippen molar-refractivity contribution in [2.24, 2.45) is 0 Å². The number of aromatic nitrogens is 2. The molecule has 0 bridgehead atoms. The van der Waals surface area contributed by atoms with E-state index in [-0.39, 0.29) is 12.1 Å². The number of benzene rings is 1. The first-order chi connectivity index (χ1) is 17.1. The lowest BCUT2D eigenvalue weighted by atomic mass is 9.96. The maximum atomic E-state index is 6.21. The van der Waals surface area contributed by atoms with Gasteiger partial charge in [-0.15, -0.1) is 0 Å². The van der Waals surface area contributed by atoms with Crippen molar-refractivity contribution >= 4 is 23.0 Å². The number of ether oxygens (including phenoxy) is 2. The van der Waals surface area contributed by atoms with Crippen LogP contribution in [0.15, 0.2) is 54.7 Å². The molecule has 1 saturated heterocycles. The Bertz CT molecular complexity index is 1160. The fraction of sp³-hybridized carbons (Fsp3) is 0.429. The lowest BCUT2D eigenvalue weighted by molar-refractivity contribution is 0.186. The second kappa shape index (κ2) is 10.4. The highest BCUT2D eigenvalue weighted by Gasteiger charge is 2.42. The van der Waals surface area contributed by atoms with Gasteiger partial charge >= 0.3 is 0 Å². The van der Waals surface area contributed by atoms with Crippen LogP contribution in [0.1, 0.15) is 60.4 Å². The van der Waals surface area contributed by atoms with E-state index in [0.29, 0.717) is 17.8 Å². The van der Waals surface area contributed by atoms with E-state index in [1.807, 2.05) is 18.3 Å². The number of rotatable bonds is 8. The number of aryl methyl sites for hydroxylation is 1. The van der Waals surface area contributed by atoms with E-state index in [0.717, 1.165) is 36.5 Å². The Balaban J connectivity index is 1.51. The molecular weight excluding hydrogens is 456 g/mol. The summed E-state index contributed by atoms with van der Waals surface area (Å²) >= 11 is 5.91. The quantitative estimate of drug-likeness (QED) is 0.412. The summed E-state index contributed by atoms with van der Waals surface area (Å²) in [4.78, 5) is 6.92. The molecule has 1 aliphatic carbocycles. The first-order valence-corrected chi connectivity index (χ1v) is 12.9. The Morgan fingerprint density at radius 1 is 1.09 bits per heavy atom. The highest BCUT2D eigenvalue weighted by molar-refractivity contribution is 7.80. The molecule has 1 saturated carbocycles. The van der Waals surface area contributed by atoms with E-state index < -0.39 is 0 Å². The number of nitrogens with zero attached hydrogens (tertiary/aromatic N) is 3. The summed E-state index contributed by atoms with van der Waals surface area (Å²) in [6, 6.07) is 16.6. The third kappa shape index (κ3) is 4.80. The number of hydrogen-bond donors (Lipinski definition) is 1. The van der Waals surface area contributed by atoms with E-state index in [1.54, 1.807) is 7.11 Å². The van der Waals surface area contributed by atoms with Crippen molar-refractivity contribution in [3.8, 4) is 5.75 Å². The Hall–Kier alpha value is -2.90. The van der Waals surface area contributed by atoms with Crippen LogP contribution in [-0.2, 0) is 11.3 Å². The number of thiocarbonyl (C=S) groups is 1. The summed E-state index contributed by atoms with van der Waals surface area (Å²) in [5.74, 6) is 0.925. The first-order valence-electron chi connectivity index (χ1n) is 12.5. The van der Waals surface area contributed by atoms with Crippen LogP contribution in [0.25, 0.3) is 0 Å². The van der Waals surface area contributed by atoms with Gasteiger partial charge in [0.15, 0.2) is 5.11 Å². The zero-order valence-corrected chi connectivity index (χ0v) is 21.6. The van der Waals surface area contributed by atoms with Gasteiger partial charge in [-0.3, -0.25) is 4.98 Å². The molecule has 2 fully saturated rings. The van der Waals surface area contributed by atoms with Crippen molar-refractivity contribution in [2.75, 3.05) is 18.6 Å². The third-order valence-corrected chi connectivity index (χ3v) is 7.58. The van der Waals surface area contributed by atoms with Crippen LogP contribution in [0.5, 0.6) is 5.75 Å². The standard InChI is InChI=1S/C28H34N4O2S/c1-19-18-24(20(2)31(19)16-17-33-3)27-26(25-10-6-7-15-29-25)30-28(35)32(27)21-11-13-23(14-12-21)34-22-8-4-5-9-22/h6-7,10-15,18,22,26-27H,4-5,8-9,16-17H2,1-3H3,(H,30,35). The molecule has 3 heterocycles. The van der Waals surface area contributed by atoms with Crippen LogP contribution >= 0.6 is 12.2 Å². The van der Waals surface area contributed by atoms with Gasteiger partial charge in [0, 0.05) is 36.9 Å². The minimum atomic E-state index is -0.0607. The summed E-state index contributed by atoms with van der Waals surface area (Å²) in [6.07, 6.45) is 7.00. The van der Waals surface area contributed by atoms with Crippen molar-refractivity contribution < 1.29 is 9.47 Å². The monoisotopic (exact) mass is 490 g/mol. The normalized spacial score (nSPS) is 20.4. The van der Waals surface area contributed by atoms with Gasteiger partial charge in [0.05, 0.1) is 30.5 Å². The molecule has 2 atom stereocenters. The van der Waals surface area contributed by atoms with Gasteiger partial charge in [0.2, 0.25) is 0 Å². The molecule has 1 aliphatic heterocycles. The van der Waals surface area contributed by atoms with Crippen molar-refractivity contribution in [2.45, 2.75) is 64.3 Å². The molecule has 5 rings (SSSR count). The number of anilines is 1. The van der Waals surface area contributed by atoms with Gasteiger partial charge in [-0.25, -0.2) is 0 Å². The molecule has 35 heavy (non-hydrogen) atoms. The topological polar surface area (TPSA) is 51.5 Å². The summed E-state index contributed by atoms with van der Waals surface area (Å²) in [7, 11) is 1.74. The fourth-order valence-electron chi connectivity index (χ4n) is 5.49. The number of hydrogen-bond acceptors (Lipinski definition) is 4. The Morgan fingerprint density at radius 2 is 1.86 bits per heavy atom. The molecule has 0 spiro atoms. The predicted molar refractivity (Wildman–Crippen MR) is 143 cm³/mol. The van der Waals surface area contributed by atoms with Crippen molar-refractivity contribution in [3.63, 3.8) is 0 Å². The Morgan fingerprint density at radius 3 is 2.54 bits per heavy atom. The van der Waals surface area contributed by atoms with Crippen molar-refractivity contribution in [1.82, 2.24) is 14.9 Å². The first kappa shape index (κ1) is 23.8. The molecule has 2 aromatic heterocycles. The Kier molecular flexibility index (Phi) is 7.07. The maximum Gasteiger partial charge on any atom is 0.174 e. The van der Waals surface area contributed by atoms with Crippen LogP contribution < -0.4 is 15.0 Å². The van der Waals surface area contributed by atoms with Gasteiger partial charge in [-0.05, 0) is 99.8 Å². The van der Waals surface area contributed by atoms with Crippen LogP contribution in [-0.4, -0.2) is 34.5 Å². The van der Waals surface area contributed by atoms with Gasteiger partial charge in [-0.2, -0.15) is 0 Å². The van der Waals surface area contributed by atoms with Gasteiger partial charge in [0.1, 0.15) is 5.75 Å². The summed E-state index contributed by atoms with van der Waals surface area (Å²) in [6.45, 7) is 5.83. The minimum absolute atomic E-state index is 0.0264. The summed E-state index contributed by atoms with van der Waals surface area (Å²) < 4.78 is 13.9. The molecule has 7 heteroatoms. The Labute approximate surface area is 213 Å². The molecule has 0 radical (unpaired) electrons. The maximum absolute atomic E-state index is 6.21. The lowest BCUT2D eigenvalue weighted by Crippen LogP contribution is -2.29.